The van der Waals surface area contributed by atoms with E-state index < -0.39 is 17.2 Å². The Bertz CT molecular complexity index is 1510. The van der Waals surface area contributed by atoms with Crippen LogP contribution in [0.15, 0.2) is 58.1 Å². The molecule has 0 aliphatic carbocycles. The van der Waals surface area contributed by atoms with Crippen molar-refractivity contribution in [1.82, 2.24) is 9.13 Å². The van der Waals surface area contributed by atoms with E-state index in [4.69, 9.17) is 25.8 Å². The minimum atomic E-state index is -0.558. The number of carbonyl (C=O) groups excluding carboxylic acids is 1. The standard InChI is InChI=1S/C23H17ClN2O6S/c1-25-21-15(8-19(33-21)22(28)30-11-13-5-3-2-4-6-13)20(27)26(23(25)29)10-14-7-17-18(9-16(14)24)32-12-31-17/h2-9H,10-12H2,1H3. The maximum atomic E-state index is 13.2. The Kier molecular flexibility index (Phi) is 5.43. The number of hydrogen-bond acceptors (Lipinski definition) is 7. The Hall–Kier alpha value is -3.56. The van der Waals surface area contributed by atoms with E-state index in [2.05, 4.69) is 0 Å². The van der Waals surface area contributed by atoms with Crippen LogP contribution in [0.4, 0.5) is 0 Å². The van der Waals surface area contributed by atoms with Crippen molar-refractivity contribution < 1.29 is 19.0 Å². The molecule has 0 radical (unpaired) electrons. The number of fused-ring (bicyclic) bond motifs is 2. The van der Waals surface area contributed by atoms with Gasteiger partial charge in [-0.1, -0.05) is 41.9 Å². The number of hydrogen-bond donors (Lipinski definition) is 0. The number of esters is 1. The monoisotopic (exact) mass is 484 g/mol. The molecule has 2 aromatic carbocycles. The summed E-state index contributed by atoms with van der Waals surface area (Å²) in [6.45, 7) is 0.140. The third kappa shape index (κ3) is 3.90. The summed E-state index contributed by atoms with van der Waals surface area (Å²) in [5, 5.41) is 0.606. The fourth-order valence-corrected chi connectivity index (χ4v) is 4.78. The number of halogens is 1. The van der Waals surface area contributed by atoms with Crippen LogP contribution in [0.25, 0.3) is 10.2 Å². The van der Waals surface area contributed by atoms with Gasteiger partial charge in [0.2, 0.25) is 6.79 Å². The second kappa shape index (κ2) is 8.42. The summed E-state index contributed by atoms with van der Waals surface area (Å²) in [7, 11) is 1.55. The number of rotatable bonds is 5. The number of thiophene rings is 1. The van der Waals surface area contributed by atoms with E-state index in [1.807, 2.05) is 30.3 Å². The normalized spacial score (nSPS) is 12.3. The molecule has 1 aliphatic heterocycles. The average Bonchev–Trinajstić information content (AvgIpc) is 3.47. The first-order valence-electron chi connectivity index (χ1n) is 9.95. The van der Waals surface area contributed by atoms with Gasteiger partial charge in [-0.25, -0.2) is 9.59 Å². The maximum Gasteiger partial charge on any atom is 0.348 e. The van der Waals surface area contributed by atoms with Gasteiger partial charge in [-0.05, 0) is 23.3 Å². The van der Waals surface area contributed by atoms with Gasteiger partial charge in [0, 0.05) is 18.1 Å². The van der Waals surface area contributed by atoms with Crippen molar-refractivity contribution in [3.8, 4) is 11.5 Å². The molecule has 33 heavy (non-hydrogen) atoms. The van der Waals surface area contributed by atoms with Crippen molar-refractivity contribution in [3.63, 3.8) is 0 Å². The summed E-state index contributed by atoms with van der Waals surface area (Å²) < 4.78 is 18.5. The lowest BCUT2D eigenvalue weighted by Gasteiger charge is -2.10. The molecule has 0 saturated carbocycles. The minimum absolute atomic E-state index is 0.0550. The number of aromatic nitrogens is 2. The van der Waals surface area contributed by atoms with E-state index in [0.29, 0.717) is 26.9 Å². The maximum absolute atomic E-state index is 13.2. The van der Waals surface area contributed by atoms with Gasteiger partial charge in [-0.3, -0.25) is 13.9 Å². The summed E-state index contributed by atoms with van der Waals surface area (Å²) >= 11 is 7.37. The smallest absolute Gasteiger partial charge is 0.348 e. The summed E-state index contributed by atoms with van der Waals surface area (Å²) in [6.07, 6.45) is 0. The quantitative estimate of drug-likeness (QED) is 0.402. The van der Waals surface area contributed by atoms with Crippen LogP contribution in [0.2, 0.25) is 5.02 Å². The molecule has 5 rings (SSSR count). The molecular weight excluding hydrogens is 468 g/mol. The average molecular weight is 485 g/mol. The number of aryl methyl sites for hydroxylation is 1. The second-order valence-electron chi connectivity index (χ2n) is 7.42. The highest BCUT2D eigenvalue weighted by atomic mass is 35.5. The lowest BCUT2D eigenvalue weighted by Crippen LogP contribution is -2.38. The molecule has 0 saturated heterocycles. The molecule has 4 aromatic rings. The first-order chi connectivity index (χ1) is 15.9. The van der Waals surface area contributed by atoms with Crippen molar-refractivity contribution >= 4 is 39.1 Å². The first-order valence-corrected chi connectivity index (χ1v) is 11.1. The zero-order chi connectivity index (χ0) is 23.1. The molecule has 0 bridgehead atoms. The molecule has 0 amide bonds. The molecule has 10 heteroatoms. The molecule has 2 aromatic heterocycles. The van der Waals surface area contributed by atoms with Crippen molar-refractivity contribution in [3.05, 3.63) is 90.4 Å². The van der Waals surface area contributed by atoms with Crippen LogP contribution >= 0.6 is 22.9 Å². The van der Waals surface area contributed by atoms with Crippen LogP contribution < -0.4 is 20.7 Å². The topological polar surface area (TPSA) is 88.8 Å². The lowest BCUT2D eigenvalue weighted by atomic mass is 10.2. The largest absolute Gasteiger partial charge is 0.457 e. The van der Waals surface area contributed by atoms with Crippen LogP contribution in [0.5, 0.6) is 11.5 Å². The van der Waals surface area contributed by atoms with E-state index >= 15 is 0 Å². The molecule has 3 heterocycles. The molecule has 0 N–H and O–H groups in total. The molecular formula is C23H17ClN2O6S. The van der Waals surface area contributed by atoms with Gasteiger partial charge in [-0.2, -0.15) is 0 Å². The van der Waals surface area contributed by atoms with Gasteiger partial charge in [0.15, 0.2) is 11.5 Å². The summed E-state index contributed by atoms with van der Waals surface area (Å²) in [5.74, 6) is 0.451. The Morgan fingerprint density at radius 2 is 1.85 bits per heavy atom. The van der Waals surface area contributed by atoms with Crippen LogP contribution in [-0.2, 0) is 24.9 Å². The van der Waals surface area contributed by atoms with Gasteiger partial charge in [0.25, 0.3) is 5.56 Å². The summed E-state index contributed by atoms with van der Waals surface area (Å²) in [4.78, 5) is 39.3. The number of carbonyl (C=O) groups is 1. The lowest BCUT2D eigenvalue weighted by molar-refractivity contribution is 0.0478. The van der Waals surface area contributed by atoms with E-state index in [0.717, 1.165) is 21.5 Å². The minimum Gasteiger partial charge on any atom is -0.457 e. The third-order valence-electron chi connectivity index (χ3n) is 5.29. The van der Waals surface area contributed by atoms with Crippen molar-refractivity contribution in [2.75, 3.05) is 6.79 Å². The molecule has 0 fully saturated rings. The van der Waals surface area contributed by atoms with Crippen molar-refractivity contribution in [1.29, 1.82) is 0 Å². The SMILES string of the molecule is Cn1c(=O)n(Cc2cc3c(cc2Cl)OCO3)c(=O)c2cc(C(=O)OCc3ccccc3)sc21. The predicted molar refractivity (Wildman–Crippen MR) is 124 cm³/mol. The fourth-order valence-electron chi connectivity index (χ4n) is 3.57. The van der Waals surface area contributed by atoms with Gasteiger partial charge < -0.3 is 14.2 Å². The summed E-state index contributed by atoms with van der Waals surface area (Å²) in [5.41, 5.74) is 0.354. The Morgan fingerprint density at radius 1 is 1.12 bits per heavy atom. The summed E-state index contributed by atoms with van der Waals surface area (Å²) in [6, 6.07) is 14.0. The molecule has 0 unspecified atom stereocenters. The van der Waals surface area contributed by atoms with Crippen LogP contribution in [0.3, 0.4) is 0 Å². The van der Waals surface area contributed by atoms with Gasteiger partial charge in [-0.15, -0.1) is 11.3 Å². The zero-order valence-electron chi connectivity index (χ0n) is 17.4. The van der Waals surface area contributed by atoms with E-state index in [9.17, 15) is 14.4 Å². The fraction of sp³-hybridized carbons (Fsp3) is 0.174. The number of nitrogens with zero attached hydrogens (tertiary/aromatic N) is 2. The Labute approximate surface area is 196 Å². The first kappa shape index (κ1) is 21.3. The van der Waals surface area contributed by atoms with Crippen LogP contribution in [0, 0.1) is 0 Å². The Morgan fingerprint density at radius 3 is 2.61 bits per heavy atom. The van der Waals surface area contributed by atoms with Crippen LogP contribution in [0.1, 0.15) is 20.8 Å². The molecule has 1 aliphatic rings. The van der Waals surface area contributed by atoms with E-state index in [-0.39, 0.29) is 30.2 Å². The van der Waals surface area contributed by atoms with Gasteiger partial charge in [0.1, 0.15) is 16.3 Å². The van der Waals surface area contributed by atoms with Gasteiger partial charge >= 0.3 is 11.7 Å². The molecule has 8 nitrogen and oxygen atoms in total. The molecule has 0 atom stereocenters. The second-order valence-corrected chi connectivity index (χ2v) is 8.86. The van der Waals surface area contributed by atoms with Crippen LogP contribution in [-0.4, -0.2) is 21.9 Å². The van der Waals surface area contributed by atoms with Crippen molar-refractivity contribution in [2.24, 2.45) is 7.05 Å². The van der Waals surface area contributed by atoms with Gasteiger partial charge in [0.05, 0.1) is 11.9 Å². The highest BCUT2D eigenvalue weighted by Gasteiger charge is 2.21. The zero-order valence-corrected chi connectivity index (χ0v) is 18.9. The predicted octanol–water partition coefficient (Wildman–Crippen LogP) is 3.55. The third-order valence-corrected chi connectivity index (χ3v) is 6.84. The highest BCUT2D eigenvalue weighted by molar-refractivity contribution is 7.20. The number of benzene rings is 2. The van der Waals surface area contributed by atoms with E-state index in [1.165, 1.54) is 10.6 Å². The Balaban J connectivity index is 1.48. The molecule has 168 valence electrons. The molecule has 0 spiro atoms. The van der Waals surface area contributed by atoms with Crippen molar-refractivity contribution in [2.45, 2.75) is 13.2 Å². The van der Waals surface area contributed by atoms with E-state index in [1.54, 1.807) is 19.2 Å². The highest BCUT2D eigenvalue weighted by Crippen LogP contribution is 2.37. The number of ether oxygens (including phenoxy) is 3.